The maximum atomic E-state index is 12.3. The molecule has 1 saturated heterocycles. The fourth-order valence-corrected chi connectivity index (χ4v) is 1.98. The fraction of sp³-hybridized carbons (Fsp3) is 0.900. The van der Waals surface area contributed by atoms with Crippen LogP contribution in [0.4, 0.5) is 13.2 Å². The van der Waals surface area contributed by atoms with Crippen LogP contribution in [0, 0.1) is 0 Å². The topological polar surface area (TPSA) is 29.5 Å². The van der Waals surface area contributed by atoms with E-state index < -0.39 is 24.7 Å². The highest BCUT2D eigenvalue weighted by Crippen LogP contribution is 2.23. The first kappa shape index (κ1) is 14.6. The van der Waals surface area contributed by atoms with E-state index in [1.54, 1.807) is 6.92 Å². The van der Waals surface area contributed by atoms with E-state index in [1.807, 2.05) is 0 Å². The second kappa shape index (κ2) is 5.91. The third-order valence-corrected chi connectivity index (χ3v) is 2.71. The Morgan fingerprint density at radius 1 is 1.47 bits per heavy atom. The van der Waals surface area contributed by atoms with Gasteiger partial charge in [-0.25, -0.2) is 0 Å². The molecular weight excluding hydrogens is 259 g/mol. The summed E-state index contributed by atoms with van der Waals surface area (Å²) in [5.74, 6) is -0.642. The van der Waals surface area contributed by atoms with Crippen LogP contribution in [0.25, 0.3) is 0 Å². The van der Waals surface area contributed by atoms with Crippen molar-refractivity contribution in [2.45, 2.75) is 38.1 Å². The number of alkyl halides is 4. The van der Waals surface area contributed by atoms with Gasteiger partial charge in [0.25, 0.3) is 5.91 Å². The predicted octanol–water partition coefficient (Wildman–Crippen LogP) is 2.18. The van der Waals surface area contributed by atoms with Crippen LogP contribution in [0.1, 0.15) is 19.8 Å². The van der Waals surface area contributed by atoms with Crippen LogP contribution in [0.15, 0.2) is 0 Å². The van der Waals surface area contributed by atoms with Gasteiger partial charge in [0, 0.05) is 12.4 Å². The summed E-state index contributed by atoms with van der Waals surface area (Å²) in [6.45, 7) is 0.407. The summed E-state index contributed by atoms with van der Waals surface area (Å²) in [6.07, 6.45) is -4.08. The maximum absolute atomic E-state index is 12.3. The molecule has 7 heteroatoms. The molecule has 2 atom stereocenters. The van der Waals surface area contributed by atoms with Gasteiger partial charge >= 0.3 is 6.18 Å². The summed E-state index contributed by atoms with van der Waals surface area (Å²) >= 11 is 5.40. The highest BCUT2D eigenvalue weighted by Gasteiger charge is 2.37. The number of hydrogen-bond donors (Lipinski definition) is 0. The first-order valence-electron chi connectivity index (χ1n) is 5.40. The lowest BCUT2D eigenvalue weighted by atomic mass is 10.2. The minimum absolute atomic E-state index is 0.0237. The number of nitrogens with zero attached hydrogens (tertiary/aromatic N) is 1. The molecule has 3 nitrogen and oxygen atoms in total. The average Bonchev–Trinajstić information content (AvgIpc) is 2.61. The molecule has 0 aromatic carbocycles. The molecule has 0 bridgehead atoms. The normalized spacial score (nSPS) is 25.0. The molecule has 0 N–H and O–H groups in total. The minimum atomic E-state index is -4.41. The van der Waals surface area contributed by atoms with Crippen LogP contribution in [-0.2, 0) is 9.53 Å². The van der Waals surface area contributed by atoms with E-state index in [4.69, 9.17) is 16.3 Å². The van der Waals surface area contributed by atoms with Crippen LogP contribution in [0.3, 0.4) is 0 Å². The van der Waals surface area contributed by atoms with Crippen molar-refractivity contribution in [1.29, 1.82) is 0 Å². The van der Waals surface area contributed by atoms with E-state index in [9.17, 15) is 18.0 Å². The van der Waals surface area contributed by atoms with Crippen LogP contribution in [0.5, 0.6) is 0 Å². The Kier molecular flexibility index (Phi) is 5.06. The number of rotatable bonds is 4. The number of ether oxygens (including phenoxy) is 1. The first-order chi connectivity index (χ1) is 7.83. The zero-order chi connectivity index (χ0) is 13.1. The largest absolute Gasteiger partial charge is 0.406 e. The highest BCUT2D eigenvalue weighted by molar-refractivity contribution is 6.18. The van der Waals surface area contributed by atoms with Gasteiger partial charge in [0.2, 0.25) is 0 Å². The molecule has 0 aliphatic carbocycles. The quantitative estimate of drug-likeness (QED) is 0.735. The Bertz CT molecular complexity index is 273. The number of carbonyl (C=O) groups excluding carboxylic acids is 1. The summed E-state index contributed by atoms with van der Waals surface area (Å²) in [6, 6.07) is 0. The number of halogens is 4. The van der Waals surface area contributed by atoms with E-state index in [1.165, 1.54) is 0 Å². The Hall–Kier alpha value is -0.490. The van der Waals surface area contributed by atoms with Crippen LogP contribution >= 0.6 is 11.6 Å². The number of amides is 1. The van der Waals surface area contributed by atoms with Gasteiger partial charge in [0.05, 0.1) is 6.10 Å². The van der Waals surface area contributed by atoms with E-state index in [-0.39, 0.29) is 18.5 Å². The zero-order valence-electron chi connectivity index (χ0n) is 9.47. The summed E-state index contributed by atoms with van der Waals surface area (Å²) in [5.41, 5.74) is 0. The van der Waals surface area contributed by atoms with Crippen LogP contribution < -0.4 is 0 Å². The third-order valence-electron chi connectivity index (χ3n) is 2.54. The van der Waals surface area contributed by atoms with Gasteiger partial charge < -0.3 is 9.64 Å². The molecule has 0 spiro atoms. The molecule has 17 heavy (non-hydrogen) atoms. The van der Waals surface area contributed by atoms with Crippen molar-refractivity contribution < 1.29 is 22.7 Å². The van der Waals surface area contributed by atoms with Crippen molar-refractivity contribution >= 4 is 17.5 Å². The van der Waals surface area contributed by atoms with Crippen molar-refractivity contribution in [3.8, 4) is 0 Å². The van der Waals surface area contributed by atoms with E-state index in [2.05, 4.69) is 0 Å². The predicted molar refractivity (Wildman–Crippen MR) is 56.9 cm³/mol. The average molecular weight is 274 g/mol. The fourth-order valence-electron chi connectivity index (χ4n) is 1.77. The van der Waals surface area contributed by atoms with Gasteiger partial charge in [0.15, 0.2) is 0 Å². The SMILES string of the molecule is CC1CCC(C(=O)N(CCCl)CC(F)(F)F)O1. The standard InChI is InChI=1S/C10H15ClF3NO2/c1-7-2-3-8(17-7)9(16)15(5-4-11)6-10(12,13)14/h7-8H,2-6H2,1H3. The molecule has 1 fully saturated rings. The van der Waals surface area contributed by atoms with Gasteiger partial charge in [-0.3, -0.25) is 4.79 Å². The van der Waals surface area contributed by atoms with Crippen molar-refractivity contribution in [1.82, 2.24) is 4.90 Å². The summed E-state index contributed by atoms with van der Waals surface area (Å²) < 4.78 is 42.1. The summed E-state index contributed by atoms with van der Waals surface area (Å²) in [4.78, 5) is 12.5. The highest BCUT2D eigenvalue weighted by atomic mass is 35.5. The lowest BCUT2D eigenvalue weighted by Gasteiger charge is -2.25. The van der Waals surface area contributed by atoms with Gasteiger partial charge in [-0.15, -0.1) is 11.6 Å². The molecule has 0 aromatic heterocycles. The molecule has 1 aliphatic rings. The Morgan fingerprint density at radius 3 is 2.53 bits per heavy atom. The second-order valence-corrected chi connectivity index (χ2v) is 4.45. The van der Waals surface area contributed by atoms with E-state index in [0.29, 0.717) is 12.8 Å². The monoisotopic (exact) mass is 273 g/mol. The molecule has 0 saturated carbocycles. The third kappa shape index (κ3) is 4.71. The smallest absolute Gasteiger partial charge is 0.365 e. The molecular formula is C10H15ClF3NO2. The van der Waals surface area contributed by atoms with Crippen molar-refractivity contribution in [3.63, 3.8) is 0 Å². The Morgan fingerprint density at radius 2 is 2.12 bits per heavy atom. The zero-order valence-corrected chi connectivity index (χ0v) is 10.2. The number of carbonyl (C=O) groups is 1. The number of hydrogen-bond acceptors (Lipinski definition) is 2. The molecule has 2 unspecified atom stereocenters. The lowest BCUT2D eigenvalue weighted by Crippen LogP contribution is -2.45. The van der Waals surface area contributed by atoms with Crippen molar-refractivity contribution in [3.05, 3.63) is 0 Å². The van der Waals surface area contributed by atoms with Gasteiger partial charge in [0.1, 0.15) is 12.6 Å². The lowest BCUT2D eigenvalue weighted by molar-refractivity contribution is -0.167. The first-order valence-corrected chi connectivity index (χ1v) is 5.94. The Labute approximate surface area is 103 Å². The van der Waals surface area contributed by atoms with Gasteiger partial charge in [-0.05, 0) is 19.8 Å². The molecule has 100 valence electrons. The van der Waals surface area contributed by atoms with Crippen molar-refractivity contribution in [2.75, 3.05) is 19.0 Å². The minimum Gasteiger partial charge on any atom is -0.365 e. The maximum Gasteiger partial charge on any atom is 0.406 e. The van der Waals surface area contributed by atoms with Crippen LogP contribution in [0.2, 0.25) is 0 Å². The van der Waals surface area contributed by atoms with Gasteiger partial charge in [-0.2, -0.15) is 13.2 Å². The summed E-state index contributed by atoms with van der Waals surface area (Å²) in [7, 11) is 0. The Balaban J connectivity index is 2.60. The molecule has 1 rings (SSSR count). The second-order valence-electron chi connectivity index (χ2n) is 4.08. The molecule has 0 aromatic rings. The van der Waals surface area contributed by atoms with Crippen LogP contribution in [-0.4, -0.2) is 48.2 Å². The molecule has 1 aliphatic heterocycles. The molecule has 1 heterocycles. The van der Waals surface area contributed by atoms with Crippen molar-refractivity contribution in [2.24, 2.45) is 0 Å². The van der Waals surface area contributed by atoms with E-state index >= 15 is 0 Å². The van der Waals surface area contributed by atoms with Gasteiger partial charge in [-0.1, -0.05) is 0 Å². The molecule has 1 amide bonds. The molecule has 0 radical (unpaired) electrons. The van der Waals surface area contributed by atoms with E-state index in [0.717, 1.165) is 4.90 Å². The summed E-state index contributed by atoms with van der Waals surface area (Å²) in [5, 5.41) is 0.